The van der Waals surface area contributed by atoms with Gasteiger partial charge in [0.15, 0.2) is 5.54 Å². The Bertz CT molecular complexity index is 720. The Morgan fingerprint density at radius 2 is 1.63 bits per heavy atom. The number of hydrogen-bond donors (Lipinski definition) is 2. The third-order valence-corrected chi connectivity index (χ3v) is 3.85. The molecule has 2 N–H and O–H groups in total. The molecule has 1 amide bonds. The van der Waals surface area contributed by atoms with E-state index < -0.39 is 5.54 Å². The summed E-state index contributed by atoms with van der Waals surface area (Å²) in [5.41, 5.74) is 3.15. The van der Waals surface area contributed by atoms with Crippen LogP contribution in [0.4, 0.5) is 5.69 Å². The summed E-state index contributed by atoms with van der Waals surface area (Å²) in [5, 5.41) is 6.23. The second-order valence-electron chi connectivity index (χ2n) is 4.81. The summed E-state index contributed by atoms with van der Waals surface area (Å²) in [4.78, 5) is 12.6. The van der Waals surface area contributed by atoms with Crippen molar-refractivity contribution < 1.29 is 4.79 Å². The van der Waals surface area contributed by atoms with Gasteiger partial charge in [-0.2, -0.15) is 0 Å². The number of nitrogens with one attached hydrogen (secondary N) is 2. The van der Waals surface area contributed by atoms with Crippen LogP contribution in [0.25, 0.3) is 6.08 Å². The molecule has 0 bridgehead atoms. The molecule has 0 aromatic heterocycles. The molecule has 0 aliphatic carbocycles. The fourth-order valence-electron chi connectivity index (χ4n) is 2.99. The van der Waals surface area contributed by atoms with Gasteiger partial charge in [0, 0.05) is 11.3 Å². The van der Waals surface area contributed by atoms with Crippen LogP contribution in [0.5, 0.6) is 0 Å². The number of carbonyl (C=O) groups is 1. The minimum atomic E-state index is -0.790. The average molecular weight is 248 g/mol. The molecule has 0 fully saturated rings. The third kappa shape index (κ3) is 1.19. The van der Waals surface area contributed by atoms with Gasteiger partial charge in [0.1, 0.15) is 0 Å². The number of hydrogen-bond acceptors (Lipinski definition) is 2. The monoisotopic (exact) mass is 248 g/mol. The van der Waals surface area contributed by atoms with Crippen molar-refractivity contribution in [1.29, 1.82) is 0 Å². The maximum Gasteiger partial charge on any atom is 0.259 e. The Kier molecular flexibility index (Phi) is 1.90. The lowest BCUT2D eigenvalue weighted by Crippen LogP contribution is -2.48. The average Bonchev–Trinajstić information content (AvgIpc) is 2.73. The summed E-state index contributed by atoms with van der Waals surface area (Å²) in [6.45, 7) is 0. The second-order valence-corrected chi connectivity index (χ2v) is 4.81. The van der Waals surface area contributed by atoms with Crippen molar-refractivity contribution in [2.45, 2.75) is 5.54 Å². The van der Waals surface area contributed by atoms with Gasteiger partial charge in [0.25, 0.3) is 5.91 Å². The smallest absolute Gasteiger partial charge is 0.259 e. The number of para-hydroxylation sites is 1. The van der Waals surface area contributed by atoms with Crippen LogP contribution >= 0.6 is 0 Å². The van der Waals surface area contributed by atoms with Crippen molar-refractivity contribution in [3.63, 3.8) is 0 Å². The molecule has 92 valence electrons. The van der Waals surface area contributed by atoms with Gasteiger partial charge in [0.2, 0.25) is 0 Å². The van der Waals surface area contributed by atoms with E-state index in [0.29, 0.717) is 0 Å². The first kappa shape index (κ1) is 10.4. The maximum atomic E-state index is 12.6. The molecular weight excluding hydrogens is 236 g/mol. The van der Waals surface area contributed by atoms with Gasteiger partial charge in [-0.3, -0.25) is 4.79 Å². The lowest BCUT2D eigenvalue weighted by Gasteiger charge is -2.32. The topological polar surface area (TPSA) is 41.1 Å². The van der Waals surface area contributed by atoms with Crippen molar-refractivity contribution in [2.24, 2.45) is 0 Å². The van der Waals surface area contributed by atoms with Crippen LogP contribution in [0.3, 0.4) is 0 Å². The number of carbonyl (C=O) groups excluding carboxylic acids is 1. The lowest BCUT2D eigenvalue weighted by molar-refractivity contribution is -0.120. The number of amides is 1. The predicted molar refractivity (Wildman–Crippen MR) is 74.5 cm³/mol. The SMILES string of the molecule is O=C1Nc2ccccc2C12NC=Cc1ccccc12. The van der Waals surface area contributed by atoms with E-state index in [2.05, 4.69) is 10.6 Å². The van der Waals surface area contributed by atoms with Crippen molar-refractivity contribution in [3.05, 3.63) is 71.4 Å². The normalized spacial score (nSPS) is 22.6. The molecule has 1 atom stereocenters. The van der Waals surface area contributed by atoms with Crippen LogP contribution < -0.4 is 10.6 Å². The molecule has 2 aliphatic heterocycles. The molecule has 2 heterocycles. The first-order valence-corrected chi connectivity index (χ1v) is 6.27. The zero-order valence-electron chi connectivity index (χ0n) is 10.2. The molecule has 2 aliphatic rings. The number of anilines is 1. The molecule has 0 saturated heterocycles. The van der Waals surface area contributed by atoms with Crippen LogP contribution in [0.15, 0.2) is 54.7 Å². The van der Waals surface area contributed by atoms with Gasteiger partial charge in [-0.25, -0.2) is 0 Å². The Balaban J connectivity index is 2.06. The van der Waals surface area contributed by atoms with E-state index in [-0.39, 0.29) is 5.91 Å². The van der Waals surface area contributed by atoms with Gasteiger partial charge < -0.3 is 10.6 Å². The largest absolute Gasteiger partial charge is 0.370 e. The van der Waals surface area contributed by atoms with Crippen molar-refractivity contribution >= 4 is 17.7 Å². The molecule has 1 spiro atoms. The molecule has 0 saturated carbocycles. The highest BCUT2D eigenvalue weighted by Crippen LogP contribution is 2.43. The minimum absolute atomic E-state index is 0.0227. The molecule has 3 heteroatoms. The van der Waals surface area contributed by atoms with Crippen molar-refractivity contribution in [3.8, 4) is 0 Å². The van der Waals surface area contributed by atoms with Gasteiger partial charge in [-0.05, 0) is 29.5 Å². The van der Waals surface area contributed by atoms with E-state index in [4.69, 9.17) is 0 Å². The first-order chi connectivity index (χ1) is 9.32. The highest BCUT2D eigenvalue weighted by molar-refractivity contribution is 6.09. The minimum Gasteiger partial charge on any atom is -0.370 e. The number of benzene rings is 2. The fraction of sp³-hybridized carbons (Fsp3) is 0.0625. The summed E-state index contributed by atoms with van der Waals surface area (Å²) in [7, 11) is 0. The van der Waals surface area contributed by atoms with Crippen LogP contribution in [-0.2, 0) is 10.3 Å². The van der Waals surface area contributed by atoms with E-state index in [1.165, 1.54) is 0 Å². The summed E-state index contributed by atoms with van der Waals surface area (Å²) < 4.78 is 0. The Morgan fingerprint density at radius 3 is 2.53 bits per heavy atom. The molecule has 4 rings (SSSR count). The summed E-state index contributed by atoms with van der Waals surface area (Å²) >= 11 is 0. The fourth-order valence-corrected chi connectivity index (χ4v) is 2.99. The number of rotatable bonds is 0. The van der Waals surface area contributed by atoms with E-state index in [0.717, 1.165) is 22.4 Å². The third-order valence-electron chi connectivity index (χ3n) is 3.85. The van der Waals surface area contributed by atoms with Crippen molar-refractivity contribution in [2.75, 3.05) is 5.32 Å². The van der Waals surface area contributed by atoms with Gasteiger partial charge in [-0.1, -0.05) is 42.5 Å². The zero-order valence-corrected chi connectivity index (χ0v) is 10.2. The van der Waals surface area contributed by atoms with Gasteiger partial charge >= 0.3 is 0 Å². The van der Waals surface area contributed by atoms with E-state index >= 15 is 0 Å². The predicted octanol–water partition coefficient (Wildman–Crippen LogP) is 2.46. The van der Waals surface area contributed by atoms with Crippen LogP contribution in [0.1, 0.15) is 16.7 Å². The highest BCUT2D eigenvalue weighted by Gasteiger charge is 2.49. The lowest BCUT2D eigenvalue weighted by atomic mass is 9.80. The number of fused-ring (bicyclic) bond motifs is 4. The Morgan fingerprint density at radius 1 is 0.895 bits per heavy atom. The molecule has 1 unspecified atom stereocenters. The van der Waals surface area contributed by atoms with Gasteiger partial charge in [-0.15, -0.1) is 0 Å². The van der Waals surface area contributed by atoms with Crippen molar-refractivity contribution in [1.82, 2.24) is 5.32 Å². The standard InChI is InChI=1S/C16H12N2O/c19-15-16(13-7-3-4-8-14(13)18-15)12-6-2-1-5-11(12)9-10-17-16/h1-10,17H,(H,18,19). The van der Waals surface area contributed by atoms with Crippen LogP contribution in [0.2, 0.25) is 0 Å². The second kappa shape index (κ2) is 3.48. The zero-order chi connectivity index (χ0) is 12.9. The first-order valence-electron chi connectivity index (χ1n) is 6.27. The summed E-state index contributed by atoms with van der Waals surface area (Å²) in [6.07, 6.45) is 3.85. The summed E-state index contributed by atoms with van der Waals surface area (Å²) in [6, 6.07) is 15.8. The Hall–Kier alpha value is -2.55. The van der Waals surface area contributed by atoms with E-state index in [1.807, 2.05) is 60.8 Å². The quantitative estimate of drug-likeness (QED) is 0.752. The molecular formula is C16H12N2O. The van der Waals surface area contributed by atoms with E-state index in [1.54, 1.807) is 0 Å². The molecule has 19 heavy (non-hydrogen) atoms. The molecule has 2 aromatic carbocycles. The molecule has 3 nitrogen and oxygen atoms in total. The van der Waals surface area contributed by atoms with Crippen LogP contribution in [-0.4, -0.2) is 5.91 Å². The van der Waals surface area contributed by atoms with Gasteiger partial charge in [0.05, 0.1) is 0 Å². The maximum absolute atomic E-state index is 12.6. The molecule has 2 aromatic rings. The Labute approximate surface area is 111 Å². The van der Waals surface area contributed by atoms with E-state index in [9.17, 15) is 4.79 Å². The van der Waals surface area contributed by atoms with Crippen LogP contribution in [0, 0.1) is 0 Å². The highest BCUT2D eigenvalue weighted by atomic mass is 16.2. The summed E-state index contributed by atoms with van der Waals surface area (Å²) in [5.74, 6) is -0.0227. The molecule has 0 radical (unpaired) electrons.